The van der Waals surface area contributed by atoms with Crippen LogP contribution in [0.15, 0.2) is 23.1 Å². The molecule has 0 aliphatic carbocycles. The van der Waals surface area contributed by atoms with E-state index in [1.807, 2.05) is 0 Å². The smallest absolute Gasteiger partial charge is 0.406 e. The molecule has 2 nitrogen and oxygen atoms in total. The van der Waals surface area contributed by atoms with E-state index < -0.39 is 6.36 Å². The molecule has 0 aliphatic heterocycles. The van der Waals surface area contributed by atoms with Gasteiger partial charge in [-0.3, -0.25) is 4.79 Å². The first kappa shape index (κ1) is 15.4. The van der Waals surface area contributed by atoms with Gasteiger partial charge in [-0.1, -0.05) is 15.9 Å². The second-order valence-electron chi connectivity index (χ2n) is 3.37. The molecule has 0 atom stereocenters. The quantitative estimate of drug-likeness (QED) is 0.601. The molecule has 0 fully saturated rings. The van der Waals surface area contributed by atoms with Gasteiger partial charge in [-0.2, -0.15) is 0 Å². The van der Waals surface area contributed by atoms with Crippen LogP contribution >= 0.6 is 27.7 Å². The Morgan fingerprint density at radius 3 is 2.61 bits per heavy atom. The molecule has 0 spiro atoms. The van der Waals surface area contributed by atoms with Gasteiger partial charge < -0.3 is 4.74 Å². The van der Waals surface area contributed by atoms with Crippen LogP contribution in [-0.4, -0.2) is 23.7 Å². The molecule has 0 aromatic heterocycles. The number of ether oxygens (including phenoxy) is 1. The third-order valence-corrected chi connectivity index (χ3v) is 3.49. The third-order valence-electron chi connectivity index (χ3n) is 2.02. The third kappa shape index (κ3) is 4.89. The van der Waals surface area contributed by atoms with Crippen molar-refractivity contribution < 1.29 is 22.7 Å². The van der Waals surface area contributed by atoms with Crippen LogP contribution in [0.1, 0.15) is 5.56 Å². The minimum Gasteiger partial charge on any atom is -0.406 e. The van der Waals surface area contributed by atoms with Gasteiger partial charge in [0.25, 0.3) is 0 Å². The van der Waals surface area contributed by atoms with Crippen molar-refractivity contribution in [2.45, 2.75) is 17.7 Å². The summed E-state index contributed by atoms with van der Waals surface area (Å²) < 4.78 is 40.1. The topological polar surface area (TPSA) is 26.3 Å². The molecular weight excluding hydrogens is 333 g/mol. The minimum atomic E-state index is -4.72. The zero-order valence-corrected chi connectivity index (χ0v) is 11.8. The van der Waals surface area contributed by atoms with Gasteiger partial charge >= 0.3 is 6.36 Å². The molecule has 0 saturated carbocycles. The highest BCUT2D eigenvalue weighted by Gasteiger charge is 2.31. The maximum absolute atomic E-state index is 12.1. The molecular formula is C11H10BrF3O2S. The number of hydrogen-bond donors (Lipinski definition) is 0. The summed E-state index contributed by atoms with van der Waals surface area (Å²) in [4.78, 5) is 12.1. The summed E-state index contributed by atoms with van der Waals surface area (Å²) in [6.07, 6.45) is -2.85. The Kier molecular flexibility index (Phi) is 5.52. The molecule has 7 heteroatoms. The molecule has 0 aliphatic rings. The summed E-state index contributed by atoms with van der Waals surface area (Å²) >= 11 is 4.39. The summed E-state index contributed by atoms with van der Waals surface area (Å²) in [5.74, 6) is -0.410. The molecule has 0 saturated heterocycles. The van der Waals surface area contributed by atoms with E-state index in [2.05, 4.69) is 20.7 Å². The van der Waals surface area contributed by atoms with E-state index in [1.54, 1.807) is 6.26 Å². The second-order valence-corrected chi connectivity index (χ2v) is 4.78. The molecule has 0 radical (unpaired) electrons. The van der Waals surface area contributed by atoms with Crippen molar-refractivity contribution >= 4 is 33.5 Å². The number of carbonyl (C=O) groups is 1. The molecule has 0 heterocycles. The predicted molar refractivity (Wildman–Crippen MR) is 67.4 cm³/mol. The molecule has 100 valence electrons. The Balaban J connectivity index is 2.98. The Hall–Kier alpha value is -0.690. The molecule has 1 aromatic rings. The van der Waals surface area contributed by atoms with E-state index in [0.29, 0.717) is 5.56 Å². The van der Waals surface area contributed by atoms with Gasteiger partial charge in [0, 0.05) is 11.3 Å². The lowest BCUT2D eigenvalue weighted by atomic mass is 10.1. The lowest BCUT2D eigenvalue weighted by Gasteiger charge is -2.12. The van der Waals surface area contributed by atoms with Gasteiger partial charge in [-0.15, -0.1) is 24.9 Å². The lowest BCUT2D eigenvalue weighted by molar-refractivity contribution is -0.274. The van der Waals surface area contributed by atoms with Crippen LogP contribution in [-0.2, 0) is 11.2 Å². The summed E-state index contributed by atoms with van der Waals surface area (Å²) in [7, 11) is 0. The number of carbonyl (C=O) groups excluding carboxylic acids is 1. The Labute approximate surface area is 115 Å². The van der Waals surface area contributed by atoms with Crippen molar-refractivity contribution in [3.05, 3.63) is 23.8 Å². The number of benzene rings is 1. The zero-order chi connectivity index (χ0) is 13.8. The fraction of sp³-hybridized carbons (Fsp3) is 0.364. The molecule has 18 heavy (non-hydrogen) atoms. The largest absolute Gasteiger partial charge is 0.573 e. The van der Waals surface area contributed by atoms with Crippen molar-refractivity contribution in [2.24, 2.45) is 0 Å². The second kappa shape index (κ2) is 6.47. The fourth-order valence-corrected chi connectivity index (χ4v) is 2.15. The van der Waals surface area contributed by atoms with Crippen LogP contribution in [0.25, 0.3) is 0 Å². The molecule has 0 bridgehead atoms. The molecule has 1 aromatic carbocycles. The van der Waals surface area contributed by atoms with Crippen LogP contribution in [0.5, 0.6) is 5.75 Å². The van der Waals surface area contributed by atoms with Crippen molar-refractivity contribution in [1.82, 2.24) is 0 Å². The van der Waals surface area contributed by atoms with E-state index in [0.717, 1.165) is 4.90 Å². The van der Waals surface area contributed by atoms with Crippen molar-refractivity contribution in [2.75, 3.05) is 11.6 Å². The maximum atomic E-state index is 12.1. The molecule has 1 rings (SSSR count). The number of Topliss-reactive ketones (excluding diaryl/α,β-unsaturated/α-hetero) is 1. The SMILES string of the molecule is CSc1ccc(OC(F)(F)F)cc1CC(=O)CBr. The summed E-state index contributed by atoms with van der Waals surface area (Å²) in [6, 6.07) is 4.00. The zero-order valence-electron chi connectivity index (χ0n) is 9.38. The highest BCUT2D eigenvalue weighted by atomic mass is 79.9. The molecule has 0 N–H and O–H groups in total. The minimum absolute atomic E-state index is 0.0798. The van der Waals surface area contributed by atoms with Crippen LogP contribution in [0.4, 0.5) is 13.2 Å². The first-order valence-corrected chi connectivity index (χ1v) is 7.20. The van der Waals surface area contributed by atoms with Crippen molar-refractivity contribution in [1.29, 1.82) is 0 Å². The number of halogens is 4. The number of rotatable bonds is 5. The highest BCUT2D eigenvalue weighted by molar-refractivity contribution is 9.09. The first-order valence-electron chi connectivity index (χ1n) is 4.86. The lowest BCUT2D eigenvalue weighted by Crippen LogP contribution is -2.17. The molecule has 0 unspecified atom stereocenters. The van der Waals surface area contributed by atoms with Gasteiger partial charge in [-0.25, -0.2) is 0 Å². The number of alkyl halides is 4. The Morgan fingerprint density at radius 2 is 2.11 bits per heavy atom. The number of ketones is 1. The summed E-state index contributed by atoms with van der Waals surface area (Å²) in [6.45, 7) is 0. The summed E-state index contributed by atoms with van der Waals surface area (Å²) in [5, 5.41) is 0.172. The van der Waals surface area contributed by atoms with E-state index >= 15 is 0 Å². The Morgan fingerprint density at radius 1 is 1.44 bits per heavy atom. The monoisotopic (exact) mass is 342 g/mol. The normalized spacial score (nSPS) is 11.4. The van der Waals surface area contributed by atoms with Gasteiger partial charge in [-0.05, 0) is 30.0 Å². The van der Waals surface area contributed by atoms with Crippen LogP contribution < -0.4 is 4.74 Å². The average Bonchev–Trinajstić information content (AvgIpc) is 2.27. The van der Waals surface area contributed by atoms with E-state index in [9.17, 15) is 18.0 Å². The average molecular weight is 343 g/mol. The van der Waals surface area contributed by atoms with Crippen LogP contribution in [0.2, 0.25) is 0 Å². The van der Waals surface area contributed by atoms with Crippen molar-refractivity contribution in [3.63, 3.8) is 0 Å². The van der Waals surface area contributed by atoms with E-state index in [4.69, 9.17) is 0 Å². The molecule has 0 amide bonds. The summed E-state index contributed by atoms with van der Waals surface area (Å²) in [5.41, 5.74) is 0.536. The van der Waals surface area contributed by atoms with Gasteiger partial charge in [0.15, 0.2) is 0 Å². The predicted octanol–water partition coefficient (Wildman–Crippen LogP) is 3.81. The fourth-order valence-electron chi connectivity index (χ4n) is 1.35. The first-order chi connectivity index (χ1) is 8.35. The van der Waals surface area contributed by atoms with Crippen molar-refractivity contribution in [3.8, 4) is 5.75 Å². The van der Waals surface area contributed by atoms with E-state index in [1.165, 1.54) is 30.0 Å². The van der Waals surface area contributed by atoms with Gasteiger partial charge in [0.05, 0.1) is 5.33 Å². The standard InChI is InChI=1S/C11H10BrF3O2S/c1-18-10-3-2-9(17-11(13,14)15)5-7(10)4-8(16)6-12/h2-3,5H,4,6H2,1H3. The van der Waals surface area contributed by atoms with E-state index in [-0.39, 0.29) is 23.3 Å². The number of hydrogen-bond acceptors (Lipinski definition) is 3. The Bertz CT molecular complexity index is 435. The highest BCUT2D eigenvalue weighted by Crippen LogP contribution is 2.29. The number of thioether (sulfide) groups is 1. The van der Waals surface area contributed by atoms with Crippen LogP contribution in [0, 0.1) is 0 Å². The maximum Gasteiger partial charge on any atom is 0.573 e. The van der Waals surface area contributed by atoms with Gasteiger partial charge in [0.1, 0.15) is 11.5 Å². The van der Waals surface area contributed by atoms with Crippen LogP contribution in [0.3, 0.4) is 0 Å². The van der Waals surface area contributed by atoms with Gasteiger partial charge in [0.2, 0.25) is 0 Å².